The van der Waals surface area contributed by atoms with Crippen LogP contribution in [0.2, 0.25) is 5.02 Å². The maximum absolute atomic E-state index is 12.8. The number of ether oxygens (including phenoxy) is 2. The zero-order valence-corrected chi connectivity index (χ0v) is 19.1. The average Bonchev–Trinajstić information content (AvgIpc) is 2.68. The molecule has 2 rings (SSSR count). The maximum Gasteiger partial charge on any atom is 0.254 e. The number of amides is 2. The van der Waals surface area contributed by atoms with Crippen LogP contribution in [0.3, 0.4) is 0 Å². The summed E-state index contributed by atoms with van der Waals surface area (Å²) in [6.07, 6.45) is 0.817. The van der Waals surface area contributed by atoms with E-state index in [1.807, 2.05) is 39.8 Å². The highest BCUT2D eigenvalue weighted by Gasteiger charge is 2.20. The molecule has 0 aliphatic rings. The maximum atomic E-state index is 12.8. The molecular formula is C23H29ClN2O4. The van der Waals surface area contributed by atoms with Gasteiger partial charge in [0.25, 0.3) is 5.91 Å². The van der Waals surface area contributed by atoms with Gasteiger partial charge in [-0.3, -0.25) is 9.59 Å². The number of carbonyl (C=O) groups excluding carboxylic acids is 2. The molecule has 0 saturated carbocycles. The Kier molecular flexibility index (Phi) is 8.12. The topological polar surface area (TPSA) is 67.9 Å². The summed E-state index contributed by atoms with van der Waals surface area (Å²) >= 11 is 6.30. The van der Waals surface area contributed by atoms with Crippen LogP contribution >= 0.6 is 11.6 Å². The Labute approximate surface area is 183 Å². The third-order valence-corrected chi connectivity index (χ3v) is 4.88. The highest BCUT2D eigenvalue weighted by molar-refractivity contribution is 6.32. The number of nitrogens with zero attached hydrogens (tertiary/aromatic N) is 1. The summed E-state index contributed by atoms with van der Waals surface area (Å²) in [6, 6.07) is 7.11. The summed E-state index contributed by atoms with van der Waals surface area (Å²) in [7, 11) is 3.06. The minimum atomic E-state index is -0.343. The fraction of sp³-hybridized carbons (Fsp3) is 0.391. The lowest BCUT2D eigenvalue weighted by molar-refractivity contribution is -0.116. The molecule has 2 aromatic rings. The molecular weight excluding hydrogens is 404 g/mol. The zero-order chi connectivity index (χ0) is 22.4. The summed E-state index contributed by atoms with van der Waals surface area (Å²) in [6.45, 7) is 8.27. The number of halogens is 1. The minimum absolute atomic E-state index is 0.0976. The second kappa shape index (κ2) is 10.3. The Hall–Kier alpha value is -2.73. The average molecular weight is 433 g/mol. The molecule has 0 unspecified atom stereocenters. The van der Waals surface area contributed by atoms with E-state index in [9.17, 15) is 9.59 Å². The molecule has 0 aliphatic heterocycles. The molecule has 0 aromatic heterocycles. The first kappa shape index (κ1) is 23.5. The van der Waals surface area contributed by atoms with E-state index < -0.39 is 0 Å². The SMILES string of the molecule is CCCOc1c(Cl)cc(C(=O)N(C)CC(=O)Nc2c(C)cc(C)cc2C)cc1OC. The normalized spacial score (nSPS) is 10.5. The van der Waals surface area contributed by atoms with E-state index in [2.05, 4.69) is 5.32 Å². The van der Waals surface area contributed by atoms with Gasteiger partial charge in [0, 0.05) is 18.3 Å². The number of hydrogen-bond donors (Lipinski definition) is 1. The second-order valence-corrected chi connectivity index (χ2v) is 7.73. The van der Waals surface area contributed by atoms with Gasteiger partial charge < -0.3 is 19.7 Å². The molecule has 6 nitrogen and oxygen atoms in total. The van der Waals surface area contributed by atoms with Crippen LogP contribution in [0.15, 0.2) is 24.3 Å². The van der Waals surface area contributed by atoms with Crippen LogP contribution in [-0.2, 0) is 4.79 Å². The van der Waals surface area contributed by atoms with Gasteiger partial charge in [-0.25, -0.2) is 0 Å². The number of hydrogen-bond acceptors (Lipinski definition) is 4. The van der Waals surface area contributed by atoms with E-state index in [4.69, 9.17) is 21.1 Å². The molecule has 0 fully saturated rings. The van der Waals surface area contributed by atoms with Crippen molar-refractivity contribution in [3.05, 3.63) is 51.5 Å². The molecule has 2 amide bonds. The molecule has 0 radical (unpaired) electrons. The number of benzene rings is 2. The monoisotopic (exact) mass is 432 g/mol. The molecule has 0 bridgehead atoms. The predicted molar refractivity (Wildman–Crippen MR) is 120 cm³/mol. The molecule has 7 heteroatoms. The van der Waals surface area contributed by atoms with Gasteiger partial charge >= 0.3 is 0 Å². The van der Waals surface area contributed by atoms with Crippen LogP contribution < -0.4 is 14.8 Å². The summed E-state index contributed by atoms with van der Waals surface area (Å²) in [5, 5.41) is 3.19. The molecule has 0 saturated heterocycles. The lowest BCUT2D eigenvalue weighted by atomic mass is 10.1. The highest BCUT2D eigenvalue weighted by Crippen LogP contribution is 2.36. The predicted octanol–water partition coefficient (Wildman–Crippen LogP) is 4.77. The Balaban J connectivity index is 2.14. The van der Waals surface area contributed by atoms with Crippen molar-refractivity contribution < 1.29 is 19.1 Å². The van der Waals surface area contributed by atoms with Crippen molar-refractivity contribution in [3.8, 4) is 11.5 Å². The lowest BCUT2D eigenvalue weighted by Gasteiger charge is -2.20. The van der Waals surface area contributed by atoms with E-state index in [0.29, 0.717) is 23.7 Å². The van der Waals surface area contributed by atoms with Crippen molar-refractivity contribution in [1.29, 1.82) is 0 Å². The molecule has 0 heterocycles. The number of carbonyl (C=O) groups is 2. The third-order valence-electron chi connectivity index (χ3n) is 4.60. The second-order valence-electron chi connectivity index (χ2n) is 7.32. The van der Waals surface area contributed by atoms with Crippen LogP contribution in [0, 0.1) is 20.8 Å². The van der Waals surface area contributed by atoms with E-state index in [1.54, 1.807) is 13.1 Å². The first-order valence-electron chi connectivity index (χ1n) is 9.81. The summed E-state index contributed by atoms with van der Waals surface area (Å²) in [5.74, 6) is 0.165. The van der Waals surface area contributed by atoms with Gasteiger partial charge in [-0.1, -0.05) is 36.2 Å². The number of methoxy groups -OCH3 is 1. The highest BCUT2D eigenvalue weighted by atomic mass is 35.5. The fourth-order valence-electron chi connectivity index (χ4n) is 3.25. The first-order valence-corrected chi connectivity index (χ1v) is 10.2. The van der Waals surface area contributed by atoms with Crippen LogP contribution in [-0.4, -0.2) is 44.0 Å². The Bertz CT molecular complexity index is 920. The third kappa shape index (κ3) is 5.66. The number of rotatable bonds is 8. The first-order chi connectivity index (χ1) is 14.2. The molecule has 0 spiro atoms. The largest absolute Gasteiger partial charge is 0.493 e. The van der Waals surface area contributed by atoms with Crippen molar-refractivity contribution in [1.82, 2.24) is 4.90 Å². The van der Waals surface area contributed by atoms with Gasteiger partial charge in [-0.15, -0.1) is 0 Å². The van der Waals surface area contributed by atoms with Crippen molar-refractivity contribution >= 4 is 29.1 Å². The molecule has 1 N–H and O–H groups in total. The van der Waals surface area contributed by atoms with Crippen LogP contribution in [0.4, 0.5) is 5.69 Å². The Morgan fingerprint density at radius 2 is 1.73 bits per heavy atom. The van der Waals surface area contributed by atoms with E-state index in [1.165, 1.54) is 18.1 Å². The summed E-state index contributed by atoms with van der Waals surface area (Å²) in [5.41, 5.74) is 4.18. The molecule has 2 aromatic carbocycles. The summed E-state index contributed by atoms with van der Waals surface area (Å²) in [4.78, 5) is 26.7. The Morgan fingerprint density at radius 1 is 1.10 bits per heavy atom. The van der Waals surface area contributed by atoms with Gasteiger partial charge in [-0.05, 0) is 50.5 Å². The van der Waals surface area contributed by atoms with Gasteiger partial charge in [0.15, 0.2) is 11.5 Å². The van der Waals surface area contributed by atoms with Crippen molar-refractivity contribution in [2.75, 3.05) is 32.6 Å². The standard InChI is InChI=1S/C23H29ClN2O4/c1-7-8-30-22-18(24)11-17(12-19(22)29-6)23(28)26(5)13-20(27)25-21-15(3)9-14(2)10-16(21)4/h9-12H,7-8,13H2,1-6H3,(H,25,27). The molecule has 30 heavy (non-hydrogen) atoms. The molecule has 162 valence electrons. The fourth-order valence-corrected chi connectivity index (χ4v) is 3.52. The lowest BCUT2D eigenvalue weighted by Crippen LogP contribution is -2.35. The number of nitrogens with one attached hydrogen (secondary N) is 1. The van der Waals surface area contributed by atoms with E-state index in [-0.39, 0.29) is 23.4 Å². The van der Waals surface area contributed by atoms with Crippen LogP contribution in [0.25, 0.3) is 0 Å². The number of aryl methyl sites for hydroxylation is 3. The van der Waals surface area contributed by atoms with Crippen molar-refractivity contribution in [2.45, 2.75) is 34.1 Å². The van der Waals surface area contributed by atoms with Gasteiger partial charge in [-0.2, -0.15) is 0 Å². The zero-order valence-electron chi connectivity index (χ0n) is 18.4. The minimum Gasteiger partial charge on any atom is -0.493 e. The van der Waals surface area contributed by atoms with Gasteiger partial charge in [0.05, 0.1) is 25.3 Å². The van der Waals surface area contributed by atoms with E-state index in [0.717, 1.165) is 28.8 Å². The number of anilines is 1. The van der Waals surface area contributed by atoms with Crippen LogP contribution in [0.1, 0.15) is 40.4 Å². The quantitative estimate of drug-likeness (QED) is 0.652. The summed E-state index contributed by atoms with van der Waals surface area (Å²) < 4.78 is 10.9. The van der Waals surface area contributed by atoms with Crippen LogP contribution in [0.5, 0.6) is 11.5 Å². The Morgan fingerprint density at radius 3 is 2.30 bits per heavy atom. The van der Waals surface area contributed by atoms with E-state index >= 15 is 0 Å². The molecule has 0 atom stereocenters. The van der Waals surface area contributed by atoms with Gasteiger partial charge in [0.2, 0.25) is 5.91 Å². The van der Waals surface area contributed by atoms with Crippen molar-refractivity contribution in [2.24, 2.45) is 0 Å². The number of likely N-dealkylation sites (N-methyl/N-ethyl adjacent to an activating group) is 1. The smallest absolute Gasteiger partial charge is 0.254 e. The van der Waals surface area contributed by atoms with Crippen molar-refractivity contribution in [3.63, 3.8) is 0 Å². The van der Waals surface area contributed by atoms with Gasteiger partial charge in [0.1, 0.15) is 0 Å². The molecule has 0 aliphatic carbocycles.